The van der Waals surface area contributed by atoms with Gasteiger partial charge in [-0.05, 0) is 50.9 Å². The number of carbonyl (C=O) groups is 1. The molecule has 6 rings (SSSR count). The molecule has 1 N–H and O–H groups in total. The van der Waals surface area contributed by atoms with Gasteiger partial charge in [-0.15, -0.1) is 0 Å². The molecule has 0 spiro atoms. The molecule has 0 atom stereocenters. The summed E-state index contributed by atoms with van der Waals surface area (Å²) in [5, 5.41) is 8.53. The van der Waals surface area contributed by atoms with Crippen LogP contribution in [0.4, 0.5) is 10.8 Å². The summed E-state index contributed by atoms with van der Waals surface area (Å²) in [7, 11) is 0. The molecule has 0 unspecified atom stereocenters. The second-order valence-corrected chi connectivity index (χ2v) is 10.4. The standard InChI is InChI=1S/C27H35N7O2/c35-25(28-20-27(12-4-5-13-27)34-14-6-1-7-15-34)32-16-18-33(19-17-32)26-30-24(31-36-26)23-11-10-21-8-2-3-9-22(21)29-23/h2-3,8-11H,1,4-7,12-20H2,(H,28,35). The van der Waals surface area contributed by atoms with Gasteiger partial charge < -0.3 is 19.6 Å². The lowest BCUT2D eigenvalue weighted by Crippen LogP contribution is -2.58. The molecule has 3 aliphatic rings. The molecular formula is C27H35N7O2. The summed E-state index contributed by atoms with van der Waals surface area (Å²) in [5.74, 6) is 0.482. The third-order valence-electron chi connectivity index (χ3n) is 8.21. The Balaban J connectivity index is 1.04. The number of benzene rings is 1. The maximum atomic E-state index is 13.0. The first-order valence-corrected chi connectivity index (χ1v) is 13.4. The van der Waals surface area contributed by atoms with Crippen LogP contribution < -0.4 is 10.2 Å². The minimum Gasteiger partial charge on any atom is -0.336 e. The SMILES string of the molecule is O=C(NCC1(N2CCCCC2)CCCC1)N1CCN(c2nc(-c3ccc4ccccc4n3)no2)CC1. The summed E-state index contributed by atoms with van der Waals surface area (Å²) in [6.45, 7) is 5.71. The number of hydrogen-bond donors (Lipinski definition) is 1. The van der Waals surface area contributed by atoms with Crippen LogP contribution in [-0.2, 0) is 0 Å². The molecule has 0 radical (unpaired) electrons. The van der Waals surface area contributed by atoms with E-state index in [1.807, 2.05) is 46.2 Å². The quantitative estimate of drug-likeness (QED) is 0.581. The topological polar surface area (TPSA) is 90.6 Å². The first-order chi connectivity index (χ1) is 17.7. The van der Waals surface area contributed by atoms with Gasteiger partial charge in [-0.25, -0.2) is 9.78 Å². The zero-order chi connectivity index (χ0) is 24.4. The molecule has 1 aliphatic carbocycles. The van der Waals surface area contributed by atoms with E-state index in [2.05, 4.69) is 25.3 Å². The Morgan fingerprint density at radius 3 is 2.47 bits per heavy atom. The van der Waals surface area contributed by atoms with Gasteiger partial charge in [-0.1, -0.05) is 48.7 Å². The highest BCUT2D eigenvalue weighted by Crippen LogP contribution is 2.36. The van der Waals surface area contributed by atoms with Crippen LogP contribution in [0.25, 0.3) is 22.4 Å². The highest BCUT2D eigenvalue weighted by molar-refractivity contribution is 5.80. The lowest BCUT2D eigenvalue weighted by Gasteiger charge is -2.44. The number of carbonyl (C=O) groups excluding carboxylic acids is 1. The van der Waals surface area contributed by atoms with Crippen LogP contribution in [-0.4, -0.2) is 82.3 Å². The Bertz CT molecular complexity index is 1190. The number of piperidine rings is 1. The number of para-hydroxylation sites is 1. The van der Waals surface area contributed by atoms with Crippen molar-refractivity contribution in [1.29, 1.82) is 0 Å². The van der Waals surface area contributed by atoms with Gasteiger partial charge in [0.15, 0.2) is 0 Å². The van der Waals surface area contributed by atoms with E-state index in [0.29, 0.717) is 43.7 Å². The van der Waals surface area contributed by atoms with Crippen molar-refractivity contribution in [2.75, 3.05) is 50.7 Å². The number of urea groups is 1. The molecule has 3 aromatic rings. The first-order valence-electron chi connectivity index (χ1n) is 13.4. The molecule has 1 aromatic carbocycles. The second-order valence-electron chi connectivity index (χ2n) is 10.4. The fourth-order valence-electron chi connectivity index (χ4n) is 6.10. The fourth-order valence-corrected chi connectivity index (χ4v) is 6.10. The van der Waals surface area contributed by atoms with Crippen molar-refractivity contribution in [2.24, 2.45) is 0 Å². The number of nitrogens with zero attached hydrogens (tertiary/aromatic N) is 6. The number of hydrogen-bond acceptors (Lipinski definition) is 7. The number of likely N-dealkylation sites (tertiary alicyclic amines) is 1. The van der Waals surface area contributed by atoms with E-state index in [9.17, 15) is 4.79 Å². The van der Waals surface area contributed by atoms with Crippen molar-refractivity contribution in [3.8, 4) is 11.5 Å². The van der Waals surface area contributed by atoms with E-state index in [1.165, 1.54) is 58.0 Å². The van der Waals surface area contributed by atoms with Gasteiger partial charge in [0.1, 0.15) is 5.69 Å². The largest absolute Gasteiger partial charge is 0.336 e. The Morgan fingerprint density at radius 2 is 1.67 bits per heavy atom. The van der Waals surface area contributed by atoms with E-state index in [-0.39, 0.29) is 11.6 Å². The molecule has 9 nitrogen and oxygen atoms in total. The minimum atomic E-state index is 0.0458. The van der Waals surface area contributed by atoms with E-state index in [0.717, 1.165) is 17.4 Å². The molecule has 2 saturated heterocycles. The van der Waals surface area contributed by atoms with Gasteiger partial charge >= 0.3 is 12.0 Å². The van der Waals surface area contributed by atoms with Crippen LogP contribution in [0.2, 0.25) is 0 Å². The Labute approximate surface area is 211 Å². The number of nitrogens with one attached hydrogen (secondary N) is 1. The van der Waals surface area contributed by atoms with Crippen LogP contribution >= 0.6 is 0 Å². The number of amides is 2. The molecule has 9 heteroatoms. The van der Waals surface area contributed by atoms with Crippen molar-refractivity contribution >= 4 is 22.9 Å². The van der Waals surface area contributed by atoms with Crippen molar-refractivity contribution in [3.63, 3.8) is 0 Å². The molecule has 1 saturated carbocycles. The minimum absolute atomic E-state index is 0.0458. The summed E-state index contributed by atoms with van der Waals surface area (Å²) in [6.07, 6.45) is 8.85. The van der Waals surface area contributed by atoms with E-state index in [4.69, 9.17) is 4.52 Å². The Morgan fingerprint density at radius 1 is 0.889 bits per heavy atom. The number of anilines is 1. The van der Waals surface area contributed by atoms with Crippen molar-refractivity contribution in [1.82, 2.24) is 30.2 Å². The maximum Gasteiger partial charge on any atom is 0.324 e. The molecule has 3 fully saturated rings. The Hall–Kier alpha value is -3.20. The van der Waals surface area contributed by atoms with E-state index < -0.39 is 0 Å². The monoisotopic (exact) mass is 489 g/mol. The number of piperazine rings is 1. The summed E-state index contributed by atoms with van der Waals surface area (Å²) in [4.78, 5) is 28.9. The van der Waals surface area contributed by atoms with Crippen LogP contribution in [0.1, 0.15) is 44.9 Å². The molecule has 4 heterocycles. The third kappa shape index (κ3) is 4.64. The van der Waals surface area contributed by atoms with E-state index in [1.54, 1.807) is 0 Å². The molecule has 2 amide bonds. The zero-order valence-corrected chi connectivity index (χ0v) is 20.9. The van der Waals surface area contributed by atoms with Crippen molar-refractivity contribution in [3.05, 3.63) is 36.4 Å². The second kappa shape index (κ2) is 10.0. The molecule has 2 aliphatic heterocycles. The molecule has 2 aromatic heterocycles. The zero-order valence-electron chi connectivity index (χ0n) is 20.9. The van der Waals surface area contributed by atoms with Gasteiger partial charge in [0.2, 0.25) is 5.82 Å². The Kier molecular flexibility index (Phi) is 6.48. The molecule has 36 heavy (non-hydrogen) atoms. The lowest BCUT2D eigenvalue weighted by atomic mass is 9.92. The smallest absolute Gasteiger partial charge is 0.324 e. The summed E-state index contributed by atoms with van der Waals surface area (Å²) >= 11 is 0. The molecule has 190 valence electrons. The van der Waals surface area contributed by atoms with Crippen LogP contribution in [0, 0.1) is 0 Å². The predicted molar refractivity (Wildman–Crippen MR) is 139 cm³/mol. The number of aromatic nitrogens is 3. The summed E-state index contributed by atoms with van der Waals surface area (Å²) in [6, 6.07) is 12.4. The summed E-state index contributed by atoms with van der Waals surface area (Å²) < 4.78 is 5.56. The number of rotatable bonds is 5. The summed E-state index contributed by atoms with van der Waals surface area (Å²) in [5.41, 5.74) is 1.76. The highest BCUT2D eigenvalue weighted by Gasteiger charge is 2.40. The first kappa shape index (κ1) is 23.2. The van der Waals surface area contributed by atoms with Gasteiger partial charge in [0, 0.05) is 43.6 Å². The lowest BCUT2D eigenvalue weighted by molar-refractivity contribution is 0.0699. The molecule has 0 bridgehead atoms. The van der Waals surface area contributed by atoms with Gasteiger partial charge in [-0.2, -0.15) is 4.98 Å². The third-order valence-corrected chi connectivity index (χ3v) is 8.21. The van der Waals surface area contributed by atoms with Gasteiger partial charge in [0.05, 0.1) is 5.52 Å². The number of pyridine rings is 1. The van der Waals surface area contributed by atoms with Crippen LogP contribution in [0.15, 0.2) is 40.9 Å². The van der Waals surface area contributed by atoms with Gasteiger partial charge in [0.25, 0.3) is 0 Å². The number of fused-ring (bicyclic) bond motifs is 1. The van der Waals surface area contributed by atoms with Crippen LogP contribution in [0.3, 0.4) is 0 Å². The van der Waals surface area contributed by atoms with Gasteiger partial charge in [-0.3, -0.25) is 4.90 Å². The van der Waals surface area contributed by atoms with Crippen molar-refractivity contribution in [2.45, 2.75) is 50.5 Å². The maximum absolute atomic E-state index is 13.0. The predicted octanol–water partition coefficient (Wildman–Crippen LogP) is 3.92. The van der Waals surface area contributed by atoms with Crippen molar-refractivity contribution < 1.29 is 9.32 Å². The highest BCUT2D eigenvalue weighted by atomic mass is 16.5. The average Bonchev–Trinajstić information content (AvgIpc) is 3.63. The molecular weight excluding hydrogens is 454 g/mol. The van der Waals surface area contributed by atoms with Crippen LogP contribution in [0.5, 0.6) is 0 Å². The van der Waals surface area contributed by atoms with E-state index >= 15 is 0 Å². The average molecular weight is 490 g/mol. The normalized spacial score (nSPS) is 20.7. The fraction of sp³-hybridized carbons (Fsp3) is 0.556.